The van der Waals surface area contributed by atoms with Crippen LogP contribution in [0.2, 0.25) is 0 Å². The van der Waals surface area contributed by atoms with Crippen molar-refractivity contribution in [1.29, 1.82) is 5.41 Å². The minimum absolute atomic E-state index is 0.0212. The highest BCUT2D eigenvalue weighted by Crippen LogP contribution is 2.29. The number of hydrogen-bond acceptors (Lipinski definition) is 7. The third kappa shape index (κ3) is 6.56. The molecule has 0 saturated carbocycles. The Bertz CT molecular complexity index is 1470. The topological polar surface area (TPSA) is 96.6 Å². The van der Waals surface area contributed by atoms with Gasteiger partial charge < -0.3 is 14.2 Å². The Hall–Kier alpha value is -4.37. The number of amidine groups is 2. The number of aliphatic imine (C=N–C) groups is 1. The number of rotatable bonds is 10. The van der Waals surface area contributed by atoms with Crippen LogP contribution in [0.4, 0.5) is 0 Å². The Kier molecular flexibility index (Phi) is 8.07. The molecule has 0 aromatic heterocycles. The number of aryl methyl sites for hydroxylation is 2. The van der Waals surface area contributed by atoms with Crippen molar-refractivity contribution in [2.75, 3.05) is 19.8 Å². The first-order valence-corrected chi connectivity index (χ1v) is 13.4. The molecule has 5 rings (SSSR count). The summed E-state index contributed by atoms with van der Waals surface area (Å²) in [6.45, 7) is 5.23. The molecule has 2 aliphatic rings. The number of para-hydroxylation sites is 1. The van der Waals surface area contributed by atoms with E-state index in [1.807, 2.05) is 60.7 Å². The van der Waals surface area contributed by atoms with E-state index in [1.54, 1.807) is 6.08 Å². The maximum Gasteiger partial charge on any atom is 0.283 e. The monoisotopic (exact) mass is 540 g/mol. The molecule has 0 unspecified atom stereocenters. The zero-order chi connectivity index (χ0) is 27.2. The summed E-state index contributed by atoms with van der Waals surface area (Å²) < 4.78 is 17.4. The van der Waals surface area contributed by atoms with E-state index in [9.17, 15) is 4.79 Å². The molecule has 1 amide bonds. The van der Waals surface area contributed by atoms with Gasteiger partial charge in [-0.05, 0) is 84.3 Å². The van der Waals surface area contributed by atoms with Gasteiger partial charge in [0.1, 0.15) is 42.1 Å². The number of nitrogens with zero attached hydrogens (tertiary/aromatic N) is 3. The molecule has 0 fully saturated rings. The number of amides is 1. The zero-order valence-corrected chi connectivity index (χ0v) is 22.5. The van der Waals surface area contributed by atoms with Crippen LogP contribution >= 0.6 is 11.8 Å². The lowest BCUT2D eigenvalue weighted by Gasteiger charge is -2.20. The standard InChI is InChI=1S/C30H28N4O4S/c1-3-21-15-20(2)16-25(17-21)37-14-13-36-24-11-9-22(10-12-24)18-26-28(31)34-30(32-29(26)35)39-27(33-34)19-38-23-7-5-4-6-8-23/h4-12,15-18,31H,3,13-14,19H2,1-2H3/b26-18-,31-28?. The molecule has 3 aromatic rings. The van der Waals surface area contributed by atoms with Crippen molar-refractivity contribution in [3.8, 4) is 17.2 Å². The van der Waals surface area contributed by atoms with Gasteiger partial charge in [-0.25, -0.2) is 0 Å². The molecule has 0 radical (unpaired) electrons. The summed E-state index contributed by atoms with van der Waals surface area (Å²) in [6.07, 6.45) is 2.60. The van der Waals surface area contributed by atoms with Crippen LogP contribution in [0.25, 0.3) is 6.08 Å². The Balaban J connectivity index is 1.16. The van der Waals surface area contributed by atoms with Gasteiger partial charge in [0.2, 0.25) is 5.17 Å². The quantitative estimate of drug-likeness (QED) is 0.261. The molecule has 198 valence electrons. The molecule has 0 bridgehead atoms. The summed E-state index contributed by atoms with van der Waals surface area (Å²) in [4.78, 5) is 16.8. The summed E-state index contributed by atoms with van der Waals surface area (Å²) >= 11 is 1.23. The lowest BCUT2D eigenvalue weighted by molar-refractivity contribution is -0.114. The minimum Gasteiger partial charge on any atom is -0.490 e. The van der Waals surface area contributed by atoms with Crippen molar-refractivity contribution >= 4 is 39.8 Å². The smallest absolute Gasteiger partial charge is 0.283 e. The van der Waals surface area contributed by atoms with Crippen molar-refractivity contribution < 1.29 is 19.0 Å². The maximum atomic E-state index is 12.7. The highest BCUT2D eigenvalue weighted by molar-refractivity contribution is 8.27. The third-order valence-corrected chi connectivity index (χ3v) is 6.81. The Labute approximate surface area is 231 Å². The predicted octanol–water partition coefficient (Wildman–Crippen LogP) is 5.71. The lowest BCUT2D eigenvalue weighted by atomic mass is 10.1. The number of carbonyl (C=O) groups excluding carboxylic acids is 1. The number of hydrazone groups is 1. The number of nitrogens with one attached hydrogen (secondary N) is 1. The number of benzene rings is 3. The van der Waals surface area contributed by atoms with Gasteiger partial charge in [0, 0.05) is 0 Å². The van der Waals surface area contributed by atoms with Crippen LogP contribution < -0.4 is 14.2 Å². The van der Waals surface area contributed by atoms with Gasteiger partial charge in [0.15, 0.2) is 5.84 Å². The van der Waals surface area contributed by atoms with Crippen molar-refractivity contribution in [2.45, 2.75) is 20.3 Å². The third-order valence-electron chi connectivity index (χ3n) is 5.93. The molecule has 0 atom stereocenters. The van der Waals surface area contributed by atoms with E-state index in [4.69, 9.17) is 19.6 Å². The number of fused-ring (bicyclic) bond motifs is 1. The van der Waals surface area contributed by atoms with E-state index in [1.165, 1.54) is 27.9 Å². The molecule has 2 aliphatic heterocycles. The van der Waals surface area contributed by atoms with E-state index in [0.29, 0.717) is 29.2 Å². The van der Waals surface area contributed by atoms with Gasteiger partial charge in [-0.1, -0.05) is 43.3 Å². The summed E-state index contributed by atoms with van der Waals surface area (Å²) in [5.41, 5.74) is 3.34. The van der Waals surface area contributed by atoms with Crippen LogP contribution in [0.1, 0.15) is 23.6 Å². The Morgan fingerprint density at radius 3 is 2.38 bits per heavy atom. The van der Waals surface area contributed by atoms with E-state index in [2.05, 4.69) is 36.1 Å². The fourth-order valence-electron chi connectivity index (χ4n) is 4.01. The first-order chi connectivity index (χ1) is 19.0. The van der Waals surface area contributed by atoms with Crippen LogP contribution in [0.5, 0.6) is 17.2 Å². The largest absolute Gasteiger partial charge is 0.490 e. The van der Waals surface area contributed by atoms with E-state index < -0.39 is 5.91 Å². The zero-order valence-electron chi connectivity index (χ0n) is 21.7. The second-order valence-corrected chi connectivity index (χ2v) is 9.93. The molecule has 0 saturated heterocycles. The highest BCUT2D eigenvalue weighted by Gasteiger charge is 2.35. The molecule has 3 aromatic carbocycles. The van der Waals surface area contributed by atoms with Crippen molar-refractivity contribution in [1.82, 2.24) is 5.01 Å². The Morgan fingerprint density at radius 1 is 0.923 bits per heavy atom. The second-order valence-electron chi connectivity index (χ2n) is 8.89. The molecule has 2 heterocycles. The van der Waals surface area contributed by atoms with Gasteiger partial charge in [-0.2, -0.15) is 15.1 Å². The number of ether oxygens (including phenoxy) is 3. The second kappa shape index (κ2) is 12.0. The van der Waals surface area contributed by atoms with Crippen LogP contribution in [-0.4, -0.2) is 46.8 Å². The number of thioether (sulfide) groups is 1. The van der Waals surface area contributed by atoms with Gasteiger partial charge in [-0.3, -0.25) is 10.2 Å². The van der Waals surface area contributed by atoms with Crippen molar-refractivity contribution in [2.24, 2.45) is 10.1 Å². The normalized spacial score (nSPS) is 15.6. The summed E-state index contributed by atoms with van der Waals surface area (Å²) in [7, 11) is 0. The molecule has 39 heavy (non-hydrogen) atoms. The predicted molar refractivity (Wildman–Crippen MR) is 155 cm³/mol. The van der Waals surface area contributed by atoms with E-state index >= 15 is 0 Å². The first-order valence-electron chi connectivity index (χ1n) is 12.6. The van der Waals surface area contributed by atoms with E-state index in [0.717, 1.165) is 23.5 Å². The highest BCUT2D eigenvalue weighted by atomic mass is 32.2. The lowest BCUT2D eigenvalue weighted by Crippen LogP contribution is -2.35. The van der Waals surface area contributed by atoms with Crippen molar-refractivity contribution in [3.63, 3.8) is 0 Å². The number of hydrogen-bond donors (Lipinski definition) is 1. The van der Waals surface area contributed by atoms with Gasteiger partial charge in [0.25, 0.3) is 5.91 Å². The summed E-state index contributed by atoms with van der Waals surface area (Å²) in [6, 6.07) is 22.9. The molecule has 0 spiro atoms. The van der Waals surface area contributed by atoms with Gasteiger partial charge in [0.05, 0.1) is 5.57 Å². The van der Waals surface area contributed by atoms with Crippen LogP contribution in [0.15, 0.2) is 88.5 Å². The molecule has 8 nitrogen and oxygen atoms in total. The van der Waals surface area contributed by atoms with Crippen LogP contribution in [0, 0.1) is 12.3 Å². The average Bonchev–Trinajstić information content (AvgIpc) is 3.36. The number of carbonyl (C=O) groups is 1. The molecular weight excluding hydrogens is 512 g/mol. The summed E-state index contributed by atoms with van der Waals surface area (Å²) in [5, 5.41) is 15.3. The average molecular weight is 541 g/mol. The first kappa shape index (κ1) is 26.2. The molecule has 9 heteroatoms. The maximum absolute atomic E-state index is 12.7. The molecular formula is C30H28N4O4S. The van der Waals surface area contributed by atoms with Gasteiger partial charge >= 0.3 is 0 Å². The van der Waals surface area contributed by atoms with Gasteiger partial charge in [-0.15, -0.1) is 0 Å². The fraction of sp³-hybridized carbons (Fsp3) is 0.200. The molecule has 1 N–H and O–H groups in total. The SMILES string of the molecule is CCc1cc(C)cc(OCCOc2ccc(/C=C3/C(=N)N4N=C(COc5ccccc5)SC4=NC3=O)cc2)c1. The van der Waals surface area contributed by atoms with Crippen molar-refractivity contribution in [3.05, 3.63) is 95.1 Å². The van der Waals surface area contributed by atoms with Crippen LogP contribution in [0.3, 0.4) is 0 Å². The van der Waals surface area contributed by atoms with Crippen LogP contribution in [-0.2, 0) is 11.2 Å². The summed E-state index contributed by atoms with van der Waals surface area (Å²) in [5.74, 6) is 1.76. The Morgan fingerprint density at radius 2 is 1.64 bits per heavy atom. The fourth-order valence-corrected chi connectivity index (χ4v) is 4.81. The molecule has 0 aliphatic carbocycles. The van der Waals surface area contributed by atoms with E-state index in [-0.39, 0.29) is 18.0 Å². The minimum atomic E-state index is -0.473.